The van der Waals surface area contributed by atoms with Gasteiger partial charge >= 0.3 is 0 Å². The molecule has 0 saturated carbocycles. The molecule has 0 N–H and O–H groups in total. The zero-order chi connectivity index (χ0) is 21.6. The number of sulfonamides is 1. The minimum Gasteiger partial charge on any atom is -0.497 e. The van der Waals surface area contributed by atoms with Gasteiger partial charge in [-0.3, -0.25) is 4.68 Å². The molecular weight excluding hydrogens is 402 g/mol. The maximum atomic E-state index is 13.4. The number of hydrogen-bond donors (Lipinski definition) is 0. The zero-order valence-corrected chi connectivity index (χ0v) is 17.7. The average molecular weight is 426 g/mol. The lowest BCUT2D eigenvalue weighted by molar-refractivity contribution is 0.395. The number of ether oxygens (including phenoxy) is 2. The maximum absolute atomic E-state index is 13.4. The molecule has 7 nitrogen and oxygen atoms in total. The molecule has 0 amide bonds. The van der Waals surface area contributed by atoms with E-state index in [-0.39, 0.29) is 24.7 Å². The Morgan fingerprint density at radius 2 is 1.43 bits per heavy atom. The molecule has 1 aromatic heterocycles. The molecule has 0 spiro atoms. The third kappa shape index (κ3) is 5.00. The van der Waals surface area contributed by atoms with Gasteiger partial charge in [0.15, 0.2) is 5.03 Å². The molecule has 1 heterocycles. The lowest BCUT2D eigenvalue weighted by atomic mass is 10.2. The van der Waals surface area contributed by atoms with Crippen molar-refractivity contribution in [2.45, 2.75) is 24.7 Å². The van der Waals surface area contributed by atoms with Gasteiger partial charge in [0.2, 0.25) is 0 Å². The van der Waals surface area contributed by atoms with E-state index in [4.69, 9.17) is 15.9 Å². The molecule has 0 fully saturated rings. The SMILES string of the molecule is C#CCn1ccc(S(=O)(=O)N(Cc2ccc(OC)cc2)Cc2ccc(OC)cc2)n1. The zero-order valence-electron chi connectivity index (χ0n) is 16.9. The molecular formula is C22H23N3O4S. The van der Waals surface area contributed by atoms with Gasteiger partial charge in [-0.05, 0) is 41.5 Å². The molecule has 0 unspecified atom stereocenters. The van der Waals surface area contributed by atoms with Crippen molar-refractivity contribution in [3.05, 3.63) is 71.9 Å². The molecule has 156 valence electrons. The van der Waals surface area contributed by atoms with Gasteiger partial charge in [0, 0.05) is 19.3 Å². The lowest BCUT2D eigenvalue weighted by Crippen LogP contribution is -2.30. The summed E-state index contributed by atoms with van der Waals surface area (Å²) in [5, 5.41) is 4.09. The molecule has 0 aliphatic heterocycles. The number of benzene rings is 2. The van der Waals surface area contributed by atoms with Crippen LogP contribution in [0.15, 0.2) is 65.8 Å². The fraction of sp³-hybridized carbons (Fsp3) is 0.227. The van der Waals surface area contributed by atoms with Crippen molar-refractivity contribution in [2.24, 2.45) is 0 Å². The minimum absolute atomic E-state index is 0.0419. The van der Waals surface area contributed by atoms with Crippen LogP contribution in [0.2, 0.25) is 0 Å². The Bertz CT molecular complexity index is 1060. The summed E-state index contributed by atoms with van der Waals surface area (Å²) in [5.41, 5.74) is 1.66. The Morgan fingerprint density at radius 1 is 0.933 bits per heavy atom. The number of methoxy groups -OCH3 is 2. The Balaban J connectivity index is 1.92. The van der Waals surface area contributed by atoms with E-state index in [2.05, 4.69) is 11.0 Å². The monoisotopic (exact) mass is 425 g/mol. The third-order valence-corrected chi connectivity index (χ3v) is 6.19. The average Bonchev–Trinajstić information content (AvgIpc) is 3.24. The summed E-state index contributed by atoms with van der Waals surface area (Å²) in [6.45, 7) is 0.563. The Hall–Kier alpha value is -3.28. The van der Waals surface area contributed by atoms with Gasteiger partial charge in [0.1, 0.15) is 18.0 Å². The highest BCUT2D eigenvalue weighted by molar-refractivity contribution is 7.89. The summed E-state index contributed by atoms with van der Waals surface area (Å²) in [7, 11) is -0.685. The van der Waals surface area contributed by atoms with E-state index in [1.807, 2.05) is 24.3 Å². The Kier molecular flexibility index (Phi) is 6.77. The van der Waals surface area contributed by atoms with Gasteiger partial charge in [-0.2, -0.15) is 9.40 Å². The molecule has 3 aromatic rings. The predicted octanol–water partition coefficient (Wildman–Crippen LogP) is 2.92. The number of hydrogen-bond acceptors (Lipinski definition) is 5. The van der Waals surface area contributed by atoms with Crippen LogP contribution >= 0.6 is 0 Å². The van der Waals surface area contributed by atoms with Crippen LogP contribution in [0.5, 0.6) is 11.5 Å². The second-order valence-corrected chi connectivity index (χ2v) is 8.41. The van der Waals surface area contributed by atoms with Crippen molar-refractivity contribution in [2.75, 3.05) is 14.2 Å². The molecule has 0 aliphatic rings. The standard InChI is InChI=1S/C22H23N3O4S/c1-4-14-24-15-13-22(23-24)30(26,27)25(16-18-5-9-20(28-2)10-6-18)17-19-7-11-21(29-3)12-8-19/h1,5-13,15H,14,16-17H2,2-3H3. The van der Waals surface area contributed by atoms with Crippen LogP contribution in [0, 0.1) is 12.3 Å². The number of terminal acetylenes is 1. The van der Waals surface area contributed by atoms with E-state index in [0.29, 0.717) is 11.5 Å². The molecule has 30 heavy (non-hydrogen) atoms. The van der Waals surface area contributed by atoms with E-state index in [1.165, 1.54) is 15.1 Å². The van der Waals surface area contributed by atoms with Crippen LogP contribution < -0.4 is 9.47 Å². The fourth-order valence-electron chi connectivity index (χ4n) is 2.89. The third-order valence-electron chi connectivity index (χ3n) is 4.51. The predicted molar refractivity (Wildman–Crippen MR) is 113 cm³/mol. The quantitative estimate of drug-likeness (QED) is 0.493. The molecule has 2 aromatic carbocycles. The molecule has 0 bridgehead atoms. The summed E-state index contributed by atoms with van der Waals surface area (Å²) < 4.78 is 39.9. The highest BCUT2D eigenvalue weighted by atomic mass is 32.2. The minimum atomic E-state index is -3.86. The van der Waals surface area contributed by atoms with Crippen molar-refractivity contribution < 1.29 is 17.9 Å². The smallest absolute Gasteiger partial charge is 0.262 e. The van der Waals surface area contributed by atoms with Crippen molar-refractivity contribution >= 4 is 10.0 Å². The van der Waals surface area contributed by atoms with Crippen LogP contribution in [-0.2, 0) is 29.7 Å². The largest absolute Gasteiger partial charge is 0.497 e. The van der Waals surface area contributed by atoms with Crippen molar-refractivity contribution in [3.63, 3.8) is 0 Å². The molecule has 3 rings (SSSR count). The van der Waals surface area contributed by atoms with Gasteiger partial charge in [-0.15, -0.1) is 6.42 Å². The fourth-order valence-corrected chi connectivity index (χ4v) is 4.23. The normalized spacial score (nSPS) is 11.3. The van der Waals surface area contributed by atoms with Crippen LogP contribution in [0.25, 0.3) is 0 Å². The highest BCUT2D eigenvalue weighted by Gasteiger charge is 2.27. The van der Waals surface area contributed by atoms with E-state index in [0.717, 1.165) is 11.1 Å². The van der Waals surface area contributed by atoms with Gasteiger partial charge in [-0.25, -0.2) is 8.42 Å². The molecule has 0 aliphatic carbocycles. The lowest BCUT2D eigenvalue weighted by Gasteiger charge is -2.21. The number of nitrogens with zero attached hydrogens (tertiary/aromatic N) is 3. The summed E-state index contributed by atoms with van der Waals surface area (Å²) in [4.78, 5) is 0. The molecule has 8 heteroatoms. The summed E-state index contributed by atoms with van der Waals surface area (Å²) in [5.74, 6) is 3.86. The number of aromatic nitrogens is 2. The van der Waals surface area contributed by atoms with E-state index < -0.39 is 10.0 Å². The molecule has 0 atom stereocenters. The first-order valence-electron chi connectivity index (χ1n) is 9.19. The second-order valence-electron chi connectivity index (χ2n) is 6.52. The molecule has 0 radical (unpaired) electrons. The molecule has 0 saturated heterocycles. The first-order valence-corrected chi connectivity index (χ1v) is 10.6. The van der Waals surface area contributed by atoms with Crippen molar-refractivity contribution in [1.82, 2.24) is 14.1 Å². The van der Waals surface area contributed by atoms with Crippen LogP contribution in [-0.4, -0.2) is 36.7 Å². The first kappa shape index (κ1) is 21.4. The van der Waals surface area contributed by atoms with Gasteiger partial charge in [0.25, 0.3) is 10.0 Å². The van der Waals surface area contributed by atoms with Gasteiger partial charge in [0.05, 0.1) is 14.2 Å². The summed E-state index contributed by atoms with van der Waals surface area (Å²) >= 11 is 0. The van der Waals surface area contributed by atoms with E-state index in [1.54, 1.807) is 44.7 Å². The summed E-state index contributed by atoms with van der Waals surface area (Å²) in [6.07, 6.45) is 6.86. The van der Waals surface area contributed by atoms with Crippen LogP contribution in [0.3, 0.4) is 0 Å². The maximum Gasteiger partial charge on any atom is 0.262 e. The van der Waals surface area contributed by atoms with Gasteiger partial charge < -0.3 is 9.47 Å². The first-order chi connectivity index (χ1) is 14.5. The van der Waals surface area contributed by atoms with Crippen molar-refractivity contribution in [1.29, 1.82) is 0 Å². The Labute approximate surface area is 176 Å². The Morgan fingerprint density at radius 3 is 1.87 bits per heavy atom. The van der Waals surface area contributed by atoms with E-state index >= 15 is 0 Å². The number of rotatable bonds is 9. The van der Waals surface area contributed by atoms with Gasteiger partial charge in [-0.1, -0.05) is 30.2 Å². The summed E-state index contributed by atoms with van der Waals surface area (Å²) in [6, 6.07) is 16.0. The van der Waals surface area contributed by atoms with E-state index in [9.17, 15) is 8.42 Å². The highest BCUT2D eigenvalue weighted by Crippen LogP contribution is 2.22. The topological polar surface area (TPSA) is 73.7 Å². The van der Waals surface area contributed by atoms with Crippen molar-refractivity contribution in [3.8, 4) is 23.8 Å². The van der Waals surface area contributed by atoms with Crippen LogP contribution in [0.4, 0.5) is 0 Å². The second kappa shape index (κ2) is 9.48. The van der Waals surface area contributed by atoms with Crippen LogP contribution in [0.1, 0.15) is 11.1 Å².